The number of ether oxygens (including phenoxy) is 2. The number of nitrogens with zero attached hydrogens (tertiary/aromatic N) is 1. The third-order valence-electron chi connectivity index (χ3n) is 2.91. The van der Waals surface area contributed by atoms with Crippen LogP contribution in [-0.2, 0) is 4.79 Å². The average Bonchev–Trinajstić information content (AvgIpc) is 2.55. The Hall–Kier alpha value is -2.86. The van der Waals surface area contributed by atoms with Crippen LogP contribution in [0.15, 0.2) is 47.6 Å². The van der Waals surface area contributed by atoms with Crippen molar-refractivity contribution in [3.05, 3.63) is 58.6 Å². The molecule has 0 unspecified atom stereocenters. The van der Waals surface area contributed by atoms with Gasteiger partial charge in [-0.1, -0.05) is 17.7 Å². The van der Waals surface area contributed by atoms with E-state index in [9.17, 15) is 9.59 Å². The first kappa shape index (κ1) is 17.5. The number of hydrazone groups is 1. The fraction of sp³-hybridized carbons (Fsp3) is 0.118. The number of carbonyl (C=O) groups is 2. The van der Waals surface area contributed by atoms with Crippen molar-refractivity contribution >= 4 is 29.7 Å². The lowest BCUT2D eigenvalue weighted by Crippen LogP contribution is -2.17. The number of amides is 1. The summed E-state index contributed by atoms with van der Waals surface area (Å²) in [6.45, 7) is 1.31. The largest absolute Gasteiger partial charge is 0.493 e. The fourth-order valence-electron chi connectivity index (χ4n) is 1.86. The van der Waals surface area contributed by atoms with E-state index >= 15 is 0 Å². The number of esters is 1. The second kappa shape index (κ2) is 8.12. The number of methoxy groups -OCH3 is 1. The number of hydrogen-bond acceptors (Lipinski definition) is 5. The Bertz CT molecular complexity index is 790. The lowest BCUT2D eigenvalue weighted by molar-refractivity contribution is -0.132. The van der Waals surface area contributed by atoms with Crippen LogP contribution in [0.2, 0.25) is 5.02 Å². The molecule has 6 nitrogen and oxygen atoms in total. The standard InChI is InChI=1S/C17H15ClN2O4/c1-11(21)24-15-7-6-12(8-16(15)23-2)10-19-20-17(22)13-4-3-5-14(18)9-13/h3-10H,1-2H3,(H,20,22)/b19-10+. The Morgan fingerprint density at radius 2 is 1.96 bits per heavy atom. The molecule has 2 aromatic rings. The second-order valence-electron chi connectivity index (χ2n) is 4.71. The van der Waals surface area contributed by atoms with Crippen molar-refractivity contribution in [2.45, 2.75) is 6.92 Å². The molecule has 1 amide bonds. The highest BCUT2D eigenvalue weighted by Crippen LogP contribution is 2.27. The Kier molecular flexibility index (Phi) is 5.92. The van der Waals surface area contributed by atoms with Crippen molar-refractivity contribution in [2.24, 2.45) is 5.10 Å². The van der Waals surface area contributed by atoms with E-state index in [2.05, 4.69) is 10.5 Å². The molecule has 0 atom stereocenters. The van der Waals surface area contributed by atoms with Gasteiger partial charge in [-0.15, -0.1) is 0 Å². The summed E-state index contributed by atoms with van der Waals surface area (Å²) in [5.41, 5.74) is 3.47. The SMILES string of the molecule is COc1cc(/C=N/NC(=O)c2cccc(Cl)c2)ccc1OC(C)=O. The van der Waals surface area contributed by atoms with Gasteiger partial charge in [0.05, 0.1) is 13.3 Å². The minimum atomic E-state index is -0.441. The highest BCUT2D eigenvalue weighted by atomic mass is 35.5. The van der Waals surface area contributed by atoms with Crippen LogP contribution >= 0.6 is 11.6 Å². The number of rotatable bonds is 5. The van der Waals surface area contributed by atoms with Gasteiger partial charge in [-0.05, 0) is 42.0 Å². The van der Waals surface area contributed by atoms with Crippen molar-refractivity contribution < 1.29 is 19.1 Å². The van der Waals surface area contributed by atoms with Crippen LogP contribution in [0, 0.1) is 0 Å². The molecule has 0 aliphatic rings. The highest BCUT2D eigenvalue weighted by molar-refractivity contribution is 6.30. The molecule has 7 heteroatoms. The first-order valence-electron chi connectivity index (χ1n) is 6.95. The topological polar surface area (TPSA) is 77.0 Å². The molecule has 0 spiro atoms. The van der Waals surface area contributed by atoms with E-state index in [4.69, 9.17) is 21.1 Å². The van der Waals surface area contributed by atoms with Gasteiger partial charge in [0.15, 0.2) is 11.5 Å². The first-order chi connectivity index (χ1) is 11.5. The average molecular weight is 347 g/mol. The van der Waals surface area contributed by atoms with Gasteiger partial charge in [-0.3, -0.25) is 9.59 Å². The second-order valence-corrected chi connectivity index (χ2v) is 5.15. The van der Waals surface area contributed by atoms with E-state index in [1.54, 1.807) is 42.5 Å². The van der Waals surface area contributed by atoms with Gasteiger partial charge in [-0.2, -0.15) is 5.10 Å². The monoisotopic (exact) mass is 346 g/mol. The van der Waals surface area contributed by atoms with E-state index in [0.29, 0.717) is 27.6 Å². The molecular formula is C17H15ClN2O4. The number of hydrogen-bond donors (Lipinski definition) is 1. The maximum absolute atomic E-state index is 11.9. The number of halogens is 1. The van der Waals surface area contributed by atoms with Crippen LogP contribution in [0.5, 0.6) is 11.5 Å². The quantitative estimate of drug-likeness (QED) is 0.391. The Labute approximate surface area is 144 Å². The summed E-state index contributed by atoms with van der Waals surface area (Å²) in [5.74, 6) is -0.124. The number of benzene rings is 2. The van der Waals surface area contributed by atoms with Gasteiger partial charge in [0.2, 0.25) is 0 Å². The summed E-state index contributed by atoms with van der Waals surface area (Å²) in [5, 5.41) is 4.35. The van der Waals surface area contributed by atoms with Gasteiger partial charge < -0.3 is 9.47 Å². The van der Waals surface area contributed by atoms with Crippen molar-refractivity contribution in [3.63, 3.8) is 0 Å². The highest BCUT2D eigenvalue weighted by Gasteiger charge is 2.08. The van der Waals surface area contributed by atoms with Crippen LogP contribution in [0.3, 0.4) is 0 Å². The zero-order chi connectivity index (χ0) is 17.5. The van der Waals surface area contributed by atoms with Gasteiger partial charge in [0.1, 0.15) is 0 Å². The van der Waals surface area contributed by atoms with E-state index < -0.39 is 5.97 Å². The third kappa shape index (κ3) is 4.82. The minimum Gasteiger partial charge on any atom is -0.493 e. The molecule has 0 radical (unpaired) electrons. The molecule has 124 valence electrons. The molecule has 0 aliphatic heterocycles. The maximum Gasteiger partial charge on any atom is 0.308 e. The Morgan fingerprint density at radius 3 is 2.62 bits per heavy atom. The van der Waals surface area contributed by atoms with Gasteiger partial charge >= 0.3 is 5.97 Å². The molecule has 0 saturated heterocycles. The molecular weight excluding hydrogens is 332 g/mol. The van der Waals surface area contributed by atoms with E-state index in [1.807, 2.05) is 0 Å². The Morgan fingerprint density at radius 1 is 1.17 bits per heavy atom. The summed E-state index contributed by atoms with van der Waals surface area (Å²) in [4.78, 5) is 22.9. The summed E-state index contributed by atoms with van der Waals surface area (Å²) in [6.07, 6.45) is 1.45. The van der Waals surface area contributed by atoms with E-state index in [1.165, 1.54) is 20.2 Å². The molecule has 2 aromatic carbocycles. The van der Waals surface area contributed by atoms with Crippen LogP contribution < -0.4 is 14.9 Å². The number of carbonyl (C=O) groups excluding carboxylic acids is 2. The minimum absolute atomic E-state index is 0.310. The molecule has 0 saturated carbocycles. The van der Waals surface area contributed by atoms with Crippen molar-refractivity contribution in [1.82, 2.24) is 5.43 Å². The van der Waals surface area contributed by atoms with E-state index in [-0.39, 0.29) is 5.91 Å². The normalized spacial score (nSPS) is 10.5. The zero-order valence-electron chi connectivity index (χ0n) is 13.1. The lowest BCUT2D eigenvalue weighted by atomic mass is 10.2. The van der Waals surface area contributed by atoms with Crippen LogP contribution in [-0.4, -0.2) is 25.2 Å². The fourth-order valence-corrected chi connectivity index (χ4v) is 2.05. The zero-order valence-corrected chi connectivity index (χ0v) is 13.8. The smallest absolute Gasteiger partial charge is 0.308 e. The summed E-state index contributed by atoms with van der Waals surface area (Å²) < 4.78 is 10.2. The summed E-state index contributed by atoms with van der Waals surface area (Å²) in [7, 11) is 1.46. The van der Waals surface area contributed by atoms with Gasteiger partial charge in [0, 0.05) is 17.5 Å². The molecule has 2 rings (SSSR count). The van der Waals surface area contributed by atoms with Crippen molar-refractivity contribution in [3.8, 4) is 11.5 Å². The van der Waals surface area contributed by atoms with Gasteiger partial charge in [0.25, 0.3) is 5.91 Å². The molecule has 0 bridgehead atoms. The van der Waals surface area contributed by atoms with Crippen LogP contribution in [0.4, 0.5) is 0 Å². The van der Waals surface area contributed by atoms with Crippen molar-refractivity contribution in [1.29, 1.82) is 0 Å². The van der Waals surface area contributed by atoms with E-state index in [0.717, 1.165) is 0 Å². The molecule has 0 heterocycles. The van der Waals surface area contributed by atoms with Crippen LogP contribution in [0.25, 0.3) is 0 Å². The van der Waals surface area contributed by atoms with Crippen molar-refractivity contribution in [2.75, 3.05) is 7.11 Å². The predicted molar refractivity (Wildman–Crippen MR) is 90.8 cm³/mol. The summed E-state index contributed by atoms with van der Waals surface area (Å²) >= 11 is 5.83. The molecule has 0 aromatic heterocycles. The molecule has 0 aliphatic carbocycles. The summed E-state index contributed by atoms with van der Waals surface area (Å²) in [6, 6.07) is 11.4. The maximum atomic E-state index is 11.9. The number of nitrogens with one attached hydrogen (secondary N) is 1. The third-order valence-corrected chi connectivity index (χ3v) is 3.14. The van der Waals surface area contributed by atoms with Gasteiger partial charge in [-0.25, -0.2) is 5.43 Å². The first-order valence-corrected chi connectivity index (χ1v) is 7.33. The molecule has 1 N–H and O–H groups in total. The molecule has 0 fully saturated rings. The Balaban J connectivity index is 2.06. The predicted octanol–water partition coefficient (Wildman–Crippen LogP) is 3.04. The molecule has 24 heavy (non-hydrogen) atoms. The lowest BCUT2D eigenvalue weighted by Gasteiger charge is -2.08. The van der Waals surface area contributed by atoms with Crippen LogP contribution in [0.1, 0.15) is 22.8 Å².